The lowest BCUT2D eigenvalue weighted by atomic mass is 10.0. The third-order valence-electron chi connectivity index (χ3n) is 3.40. The van der Waals surface area contributed by atoms with Crippen molar-refractivity contribution in [2.24, 2.45) is 0 Å². The Hall–Kier alpha value is -1.80. The van der Waals surface area contributed by atoms with Crippen molar-refractivity contribution in [1.29, 1.82) is 0 Å². The van der Waals surface area contributed by atoms with Gasteiger partial charge in [-0.3, -0.25) is 0 Å². The van der Waals surface area contributed by atoms with Crippen molar-refractivity contribution in [3.8, 4) is 11.5 Å². The molecule has 0 fully saturated rings. The zero-order valence-electron chi connectivity index (χ0n) is 13.4. The molecule has 0 saturated heterocycles. The molecule has 2 rings (SSSR count). The van der Waals surface area contributed by atoms with E-state index in [2.05, 4.69) is 57.3 Å². The monoisotopic (exact) mass is 283 g/mol. The van der Waals surface area contributed by atoms with E-state index < -0.39 is 0 Å². The molecule has 21 heavy (non-hydrogen) atoms. The van der Waals surface area contributed by atoms with E-state index in [1.807, 2.05) is 24.3 Å². The first-order chi connectivity index (χ1) is 10.0. The summed E-state index contributed by atoms with van der Waals surface area (Å²) in [6.45, 7) is 9.55. The lowest BCUT2D eigenvalue weighted by Crippen LogP contribution is -2.21. The molecule has 0 atom stereocenters. The summed E-state index contributed by atoms with van der Waals surface area (Å²) in [4.78, 5) is 0. The Labute approximate surface area is 128 Å². The van der Waals surface area contributed by atoms with Gasteiger partial charge in [0.05, 0.1) is 0 Å². The van der Waals surface area contributed by atoms with Gasteiger partial charge in [0, 0.05) is 12.6 Å². The fourth-order valence-corrected chi connectivity index (χ4v) is 2.10. The number of hydrogen-bond donors (Lipinski definition) is 1. The third kappa shape index (κ3) is 4.91. The van der Waals surface area contributed by atoms with E-state index >= 15 is 0 Å². The second kappa shape index (κ2) is 7.28. The molecule has 0 amide bonds. The Bertz CT molecular complexity index is 558. The maximum Gasteiger partial charge on any atom is 0.127 e. The van der Waals surface area contributed by atoms with Crippen LogP contribution in [0, 0.1) is 0 Å². The number of ether oxygens (including phenoxy) is 1. The minimum absolute atomic E-state index is 0.484. The van der Waals surface area contributed by atoms with Crippen LogP contribution in [-0.4, -0.2) is 6.04 Å². The lowest BCUT2D eigenvalue weighted by molar-refractivity contribution is 0.480. The van der Waals surface area contributed by atoms with Gasteiger partial charge in [-0.2, -0.15) is 0 Å². The normalized spacial score (nSPS) is 11.1. The van der Waals surface area contributed by atoms with Crippen LogP contribution < -0.4 is 10.1 Å². The van der Waals surface area contributed by atoms with Crippen molar-refractivity contribution in [2.45, 2.75) is 46.2 Å². The number of hydrogen-bond acceptors (Lipinski definition) is 2. The van der Waals surface area contributed by atoms with Crippen LogP contribution in [0.3, 0.4) is 0 Å². The largest absolute Gasteiger partial charge is 0.457 e. The zero-order valence-corrected chi connectivity index (χ0v) is 13.4. The Morgan fingerprint density at radius 2 is 1.62 bits per heavy atom. The van der Waals surface area contributed by atoms with Gasteiger partial charge in [0.25, 0.3) is 0 Å². The minimum atomic E-state index is 0.484. The van der Waals surface area contributed by atoms with Gasteiger partial charge in [0.2, 0.25) is 0 Å². The van der Waals surface area contributed by atoms with Gasteiger partial charge in [0.1, 0.15) is 11.5 Å². The molecule has 1 N–H and O–H groups in total. The number of benzene rings is 2. The van der Waals surface area contributed by atoms with Crippen molar-refractivity contribution in [2.75, 3.05) is 0 Å². The Morgan fingerprint density at radius 3 is 2.24 bits per heavy atom. The average molecular weight is 283 g/mol. The summed E-state index contributed by atoms with van der Waals surface area (Å²) in [5, 5.41) is 3.42. The Morgan fingerprint density at radius 1 is 0.905 bits per heavy atom. The van der Waals surface area contributed by atoms with E-state index in [0.717, 1.165) is 18.0 Å². The molecule has 0 heterocycles. The standard InChI is InChI=1S/C19H25NO/c1-14(2)17-8-10-18(11-9-17)21-19-7-5-6-16(12-19)13-20-15(3)4/h5-12,14-15,20H,13H2,1-4H3. The first kappa shape index (κ1) is 15.6. The van der Waals surface area contributed by atoms with E-state index in [4.69, 9.17) is 4.74 Å². The van der Waals surface area contributed by atoms with Gasteiger partial charge in [-0.25, -0.2) is 0 Å². The zero-order chi connectivity index (χ0) is 15.2. The van der Waals surface area contributed by atoms with Crippen molar-refractivity contribution >= 4 is 0 Å². The highest BCUT2D eigenvalue weighted by Crippen LogP contribution is 2.24. The van der Waals surface area contributed by atoms with Gasteiger partial charge in [-0.05, 0) is 41.3 Å². The molecule has 2 heteroatoms. The van der Waals surface area contributed by atoms with Crippen LogP contribution in [0.4, 0.5) is 0 Å². The molecule has 112 valence electrons. The van der Waals surface area contributed by atoms with Crippen LogP contribution in [0.15, 0.2) is 48.5 Å². The maximum absolute atomic E-state index is 5.93. The van der Waals surface area contributed by atoms with E-state index in [1.54, 1.807) is 0 Å². The molecule has 0 aliphatic rings. The van der Waals surface area contributed by atoms with Crippen molar-refractivity contribution < 1.29 is 4.74 Å². The van der Waals surface area contributed by atoms with Crippen LogP contribution >= 0.6 is 0 Å². The molecule has 0 saturated carbocycles. The summed E-state index contributed by atoms with van der Waals surface area (Å²) in [5.41, 5.74) is 2.57. The van der Waals surface area contributed by atoms with E-state index in [0.29, 0.717) is 12.0 Å². The van der Waals surface area contributed by atoms with Crippen LogP contribution in [0.1, 0.15) is 44.7 Å². The summed E-state index contributed by atoms with van der Waals surface area (Å²) in [5.74, 6) is 2.31. The van der Waals surface area contributed by atoms with Crippen molar-refractivity contribution in [1.82, 2.24) is 5.32 Å². The predicted molar refractivity (Wildman–Crippen MR) is 89.0 cm³/mol. The highest BCUT2D eigenvalue weighted by Gasteiger charge is 2.02. The van der Waals surface area contributed by atoms with Gasteiger partial charge in [-0.15, -0.1) is 0 Å². The molecular weight excluding hydrogens is 258 g/mol. The van der Waals surface area contributed by atoms with Crippen LogP contribution in [0.5, 0.6) is 11.5 Å². The summed E-state index contributed by atoms with van der Waals surface area (Å²) >= 11 is 0. The molecule has 0 radical (unpaired) electrons. The SMILES string of the molecule is CC(C)NCc1cccc(Oc2ccc(C(C)C)cc2)c1. The topological polar surface area (TPSA) is 21.3 Å². The van der Waals surface area contributed by atoms with Gasteiger partial charge < -0.3 is 10.1 Å². The lowest BCUT2D eigenvalue weighted by Gasteiger charge is -2.11. The van der Waals surface area contributed by atoms with Gasteiger partial charge in [0.15, 0.2) is 0 Å². The second-order valence-corrected chi connectivity index (χ2v) is 6.01. The summed E-state index contributed by atoms with van der Waals surface area (Å²) in [7, 11) is 0. The Kier molecular flexibility index (Phi) is 5.40. The first-order valence-electron chi connectivity index (χ1n) is 7.64. The number of nitrogens with one attached hydrogen (secondary N) is 1. The molecule has 0 aliphatic heterocycles. The first-order valence-corrected chi connectivity index (χ1v) is 7.64. The van der Waals surface area contributed by atoms with E-state index in [1.165, 1.54) is 11.1 Å². The van der Waals surface area contributed by atoms with Gasteiger partial charge >= 0.3 is 0 Å². The summed E-state index contributed by atoms with van der Waals surface area (Å²) in [6.07, 6.45) is 0. The molecule has 0 bridgehead atoms. The molecule has 0 aromatic heterocycles. The van der Waals surface area contributed by atoms with Crippen LogP contribution in [-0.2, 0) is 6.54 Å². The van der Waals surface area contributed by atoms with Crippen molar-refractivity contribution in [3.63, 3.8) is 0 Å². The second-order valence-electron chi connectivity index (χ2n) is 6.01. The molecule has 2 nitrogen and oxygen atoms in total. The predicted octanol–water partition coefficient (Wildman–Crippen LogP) is 5.10. The fraction of sp³-hybridized carbons (Fsp3) is 0.368. The van der Waals surface area contributed by atoms with Crippen LogP contribution in [0.25, 0.3) is 0 Å². The third-order valence-corrected chi connectivity index (χ3v) is 3.40. The maximum atomic E-state index is 5.93. The average Bonchev–Trinajstić information content (AvgIpc) is 2.46. The minimum Gasteiger partial charge on any atom is -0.457 e. The smallest absolute Gasteiger partial charge is 0.127 e. The Balaban J connectivity index is 2.03. The fourth-order valence-electron chi connectivity index (χ4n) is 2.10. The molecule has 2 aromatic rings. The molecule has 0 unspecified atom stereocenters. The van der Waals surface area contributed by atoms with Gasteiger partial charge in [-0.1, -0.05) is 52.0 Å². The molecule has 2 aromatic carbocycles. The summed E-state index contributed by atoms with van der Waals surface area (Å²) < 4.78 is 5.93. The molecular formula is C19H25NO. The van der Waals surface area contributed by atoms with E-state index in [9.17, 15) is 0 Å². The van der Waals surface area contributed by atoms with E-state index in [-0.39, 0.29) is 0 Å². The van der Waals surface area contributed by atoms with Crippen LogP contribution in [0.2, 0.25) is 0 Å². The highest BCUT2D eigenvalue weighted by molar-refractivity contribution is 5.35. The quantitative estimate of drug-likeness (QED) is 0.796. The highest BCUT2D eigenvalue weighted by atomic mass is 16.5. The molecule has 0 spiro atoms. The van der Waals surface area contributed by atoms with Crippen molar-refractivity contribution in [3.05, 3.63) is 59.7 Å². The molecule has 0 aliphatic carbocycles. The summed E-state index contributed by atoms with van der Waals surface area (Å²) in [6, 6.07) is 17.1. The number of rotatable bonds is 6.